The van der Waals surface area contributed by atoms with Crippen LogP contribution in [0.15, 0.2) is 101 Å². The van der Waals surface area contributed by atoms with E-state index in [9.17, 15) is 22.8 Å². The number of nitrogens with zero attached hydrogens (tertiary/aromatic N) is 6. The molecule has 4 heterocycles. The SMILES string of the molecule is COC(=O)N[C@H]1CCC[C@@H]1[C@](Cn1ccnc1)(c1cccc(F)c1)C1CCN(CC2CN(c3ccc(S(=O)(=O)c4ccc5c(c4)C(=O)N(C/C=C/C(=O)N(C)C)C5)cc3F)C2)CC1. The molecule has 8 rings (SSSR count). The second kappa shape index (κ2) is 18.2. The Morgan fingerprint density at radius 1 is 1.00 bits per heavy atom. The summed E-state index contributed by atoms with van der Waals surface area (Å²) in [5, 5.41) is 3.12. The van der Waals surface area contributed by atoms with Crippen molar-refractivity contribution >= 4 is 33.4 Å². The zero-order valence-electron chi connectivity index (χ0n) is 36.0. The quantitative estimate of drug-likeness (QED) is 0.154. The maximum atomic E-state index is 15.7. The van der Waals surface area contributed by atoms with Crippen LogP contribution in [0, 0.1) is 29.4 Å². The highest BCUT2D eigenvalue weighted by Crippen LogP contribution is 2.52. The predicted octanol–water partition coefficient (Wildman–Crippen LogP) is 5.91. The molecule has 0 spiro atoms. The van der Waals surface area contributed by atoms with Gasteiger partial charge in [0.05, 0.1) is 28.9 Å². The van der Waals surface area contributed by atoms with Crippen molar-refractivity contribution in [3.63, 3.8) is 0 Å². The summed E-state index contributed by atoms with van der Waals surface area (Å²) in [6, 6.07) is 15.2. The molecule has 16 heteroatoms. The van der Waals surface area contributed by atoms with Gasteiger partial charge in [0.15, 0.2) is 0 Å². The lowest BCUT2D eigenvalue weighted by atomic mass is 9.58. The Balaban J connectivity index is 0.907. The third kappa shape index (κ3) is 8.97. The Morgan fingerprint density at radius 3 is 2.46 bits per heavy atom. The number of benzene rings is 3. The Labute approximate surface area is 367 Å². The van der Waals surface area contributed by atoms with Gasteiger partial charge in [0.1, 0.15) is 11.6 Å². The predicted molar refractivity (Wildman–Crippen MR) is 233 cm³/mol. The van der Waals surface area contributed by atoms with Crippen molar-refractivity contribution < 1.29 is 36.3 Å². The largest absolute Gasteiger partial charge is 0.453 e. The first-order chi connectivity index (χ1) is 30.3. The monoisotopic (exact) mass is 883 g/mol. The Morgan fingerprint density at radius 2 is 1.76 bits per heavy atom. The van der Waals surface area contributed by atoms with E-state index in [0.29, 0.717) is 36.8 Å². The number of piperidine rings is 1. The van der Waals surface area contributed by atoms with Crippen molar-refractivity contribution in [2.45, 2.75) is 66.4 Å². The lowest BCUT2D eigenvalue weighted by Gasteiger charge is -2.51. The standard InChI is InChI=1S/C47H55F2N7O6S/c1-52(2)44(57)11-6-19-55-29-33-12-13-37(24-39(33)45(55)58)63(60,61)38-14-15-43(41(49)25-38)56-27-32(28-56)26-53-20-16-34(17-21-53)47(30-54-22-18-50-31-54,35-7-4-8-36(48)23-35)40-9-5-10-42(40)51-46(59)62-3/h4,6-8,11-15,18,22-25,31-32,34,40,42H,5,9-10,16-17,19-21,26-30H2,1-3H3,(H,51,59)/b11-6+/t40-,42-,47-/m0/s1. The maximum Gasteiger partial charge on any atom is 0.407 e. The number of anilines is 1. The van der Waals surface area contributed by atoms with E-state index in [1.54, 1.807) is 44.6 Å². The van der Waals surface area contributed by atoms with E-state index in [2.05, 4.69) is 19.8 Å². The summed E-state index contributed by atoms with van der Waals surface area (Å²) in [5.74, 6) is -0.942. The number of carbonyl (C=O) groups excluding carboxylic acids is 3. The number of hydrogen-bond acceptors (Lipinski definition) is 9. The first kappa shape index (κ1) is 44.0. The number of sulfone groups is 1. The zero-order valence-corrected chi connectivity index (χ0v) is 36.8. The number of methoxy groups -OCH3 is 1. The minimum atomic E-state index is -4.14. The average Bonchev–Trinajstić information content (AvgIpc) is 4.02. The van der Waals surface area contributed by atoms with Crippen molar-refractivity contribution in [3.8, 4) is 0 Å². The van der Waals surface area contributed by atoms with Crippen molar-refractivity contribution in [1.29, 1.82) is 0 Å². The molecule has 1 aromatic heterocycles. The lowest BCUT2D eigenvalue weighted by Crippen LogP contribution is -2.56. The van der Waals surface area contributed by atoms with E-state index >= 15 is 8.78 Å². The van der Waals surface area contributed by atoms with E-state index in [0.717, 1.165) is 63.4 Å². The van der Waals surface area contributed by atoms with E-state index in [-0.39, 0.29) is 64.0 Å². The van der Waals surface area contributed by atoms with Crippen LogP contribution in [-0.4, -0.2) is 117 Å². The minimum Gasteiger partial charge on any atom is -0.453 e. The van der Waals surface area contributed by atoms with Crippen LogP contribution < -0.4 is 10.2 Å². The second-order valence-corrected chi connectivity index (χ2v) is 19.6. The Bertz CT molecular complexity index is 2470. The minimum absolute atomic E-state index is 0.0399. The molecule has 1 N–H and O–H groups in total. The van der Waals surface area contributed by atoms with Crippen molar-refractivity contribution in [2.75, 3.05) is 65.4 Å². The summed E-state index contributed by atoms with van der Waals surface area (Å²) >= 11 is 0. The van der Waals surface area contributed by atoms with Gasteiger partial charge in [-0.1, -0.05) is 30.7 Å². The highest BCUT2D eigenvalue weighted by atomic mass is 32.2. The number of halogens is 2. The first-order valence-corrected chi connectivity index (χ1v) is 23.1. The second-order valence-electron chi connectivity index (χ2n) is 17.7. The van der Waals surface area contributed by atoms with Crippen molar-refractivity contribution in [2.24, 2.45) is 17.8 Å². The van der Waals surface area contributed by atoms with Gasteiger partial charge < -0.3 is 34.2 Å². The zero-order chi connectivity index (χ0) is 44.5. The molecule has 1 aliphatic carbocycles. The molecular weight excluding hydrogens is 829 g/mol. The number of fused-ring (bicyclic) bond motifs is 1. The van der Waals surface area contributed by atoms with Crippen LogP contribution in [-0.2, 0) is 37.9 Å². The molecule has 0 bridgehead atoms. The number of carbonyl (C=O) groups is 3. The van der Waals surface area contributed by atoms with Gasteiger partial charge in [0.25, 0.3) is 5.91 Å². The molecular formula is C47H55F2N7O6S. The molecule has 3 amide bonds. The summed E-state index contributed by atoms with van der Waals surface area (Å²) in [6.45, 7) is 4.85. The molecule has 2 saturated heterocycles. The van der Waals surface area contributed by atoms with Crippen LogP contribution in [0.1, 0.15) is 53.6 Å². The van der Waals surface area contributed by atoms with Gasteiger partial charge in [-0.2, -0.15) is 0 Å². The number of nitrogens with one attached hydrogen (secondary N) is 1. The van der Waals surface area contributed by atoms with Crippen LogP contribution in [0.3, 0.4) is 0 Å². The van der Waals surface area contributed by atoms with Crippen LogP contribution >= 0.6 is 0 Å². The van der Waals surface area contributed by atoms with Crippen LogP contribution in [0.2, 0.25) is 0 Å². The van der Waals surface area contributed by atoms with Gasteiger partial charge in [0, 0.05) is 94.8 Å². The molecule has 1 saturated carbocycles. The summed E-state index contributed by atoms with van der Waals surface area (Å²) in [5.41, 5.74) is 1.73. The summed E-state index contributed by atoms with van der Waals surface area (Å²) in [4.78, 5) is 49.0. The Kier molecular flexibility index (Phi) is 12.7. The number of likely N-dealkylation sites (N-methyl/N-ethyl adjacent to an activating group) is 1. The van der Waals surface area contributed by atoms with Crippen LogP contribution in [0.25, 0.3) is 0 Å². The number of rotatable bonds is 14. The highest BCUT2D eigenvalue weighted by molar-refractivity contribution is 7.91. The van der Waals surface area contributed by atoms with Crippen molar-refractivity contribution in [3.05, 3.63) is 120 Å². The molecule has 4 aromatic rings. The van der Waals surface area contributed by atoms with Gasteiger partial charge in [0.2, 0.25) is 15.7 Å². The fourth-order valence-corrected chi connectivity index (χ4v) is 11.8. The number of likely N-dealkylation sites (tertiary alicyclic amines) is 1. The van der Waals surface area contributed by atoms with Gasteiger partial charge in [-0.05, 0) is 104 Å². The summed E-state index contributed by atoms with van der Waals surface area (Å²) in [7, 11) is 0.503. The number of alkyl carbamates (subject to hydrolysis) is 1. The molecule has 13 nitrogen and oxygen atoms in total. The fourth-order valence-electron chi connectivity index (χ4n) is 10.5. The van der Waals surface area contributed by atoms with E-state index in [1.807, 2.05) is 23.5 Å². The number of imidazole rings is 1. The fraction of sp³-hybridized carbons (Fsp3) is 0.447. The molecule has 334 valence electrons. The van der Waals surface area contributed by atoms with E-state index in [4.69, 9.17) is 4.74 Å². The van der Waals surface area contributed by atoms with Crippen LogP contribution in [0.4, 0.5) is 19.3 Å². The maximum absolute atomic E-state index is 15.7. The summed E-state index contributed by atoms with van der Waals surface area (Å²) < 4.78 is 65.4. The topological polar surface area (TPSA) is 137 Å². The molecule has 4 aliphatic rings. The molecule has 63 heavy (non-hydrogen) atoms. The van der Waals surface area contributed by atoms with Gasteiger partial charge >= 0.3 is 6.09 Å². The molecule has 0 radical (unpaired) electrons. The van der Waals surface area contributed by atoms with Crippen molar-refractivity contribution in [1.82, 2.24) is 29.6 Å². The summed E-state index contributed by atoms with van der Waals surface area (Å²) in [6.07, 6.45) is 12.4. The van der Waals surface area contributed by atoms with Crippen LogP contribution in [0.5, 0.6) is 0 Å². The van der Waals surface area contributed by atoms with Gasteiger partial charge in [-0.3, -0.25) is 9.59 Å². The molecule has 3 fully saturated rings. The van der Waals surface area contributed by atoms with E-state index < -0.39 is 27.2 Å². The molecule has 3 aromatic carbocycles. The number of ether oxygens (including phenoxy) is 1. The first-order valence-electron chi connectivity index (χ1n) is 21.6. The van der Waals surface area contributed by atoms with Gasteiger partial charge in [-0.25, -0.2) is 27.0 Å². The highest BCUT2D eigenvalue weighted by Gasteiger charge is 2.52. The molecule has 3 atom stereocenters. The third-order valence-corrected chi connectivity index (χ3v) is 15.4. The number of amides is 3. The third-order valence-electron chi connectivity index (χ3n) is 13.7. The number of aromatic nitrogens is 2. The molecule has 3 aliphatic heterocycles. The smallest absolute Gasteiger partial charge is 0.407 e. The van der Waals surface area contributed by atoms with Gasteiger partial charge in [-0.15, -0.1) is 0 Å². The normalized spacial score (nSPS) is 20.7. The number of hydrogen-bond donors (Lipinski definition) is 1. The average molecular weight is 884 g/mol. The van der Waals surface area contributed by atoms with E-state index in [1.165, 1.54) is 53.3 Å². The molecule has 0 unspecified atom stereocenters. The lowest BCUT2D eigenvalue weighted by molar-refractivity contribution is -0.123. The Hall–Kier alpha value is -5.61.